The van der Waals surface area contributed by atoms with Crippen molar-refractivity contribution in [2.75, 3.05) is 11.9 Å². The van der Waals surface area contributed by atoms with Crippen LogP contribution in [0, 0.1) is 0 Å². The van der Waals surface area contributed by atoms with Crippen LogP contribution in [0.2, 0.25) is 0 Å². The van der Waals surface area contributed by atoms with Crippen molar-refractivity contribution in [3.8, 4) is 0 Å². The average molecular weight is 347 g/mol. The number of carbonyl (C=O) groups excluding carboxylic acids is 1. The summed E-state index contributed by atoms with van der Waals surface area (Å²) in [6.07, 6.45) is 4.94. The maximum Gasteiger partial charge on any atom is 0.238 e. The van der Waals surface area contributed by atoms with Crippen molar-refractivity contribution in [2.24, 2.45) is 0 Å². The molecule has 0 aliphatic heterocycles. The van der Waals surface area contributed by atoms with Crippen LogP contribution >= 0.6 is 15.9 Å². The number of benzene rings is 2. The zero-order chi connectivity index (χ0) is 14.7. The lowest BCUT2D eigenvalue weighted by Crippen LogP contribution is -2.34. The molecule has 0 unspecified atom stereocenters. The predicted octanol–water partition coefficient (Wildman–Crippen LogP) is 4.07. The van der Waals surface area contributed by atoms with Crippen LogP contribution in [-0.2, 0) is 4.79 Å². The van der Waals surface area contributed by atoms with Crippen molar-refractivity contribution in [3.63, 3.8) is 0 Å². The number of halogens is 1. The second-order valence-corrected chi connectivity index (χ2v) is 6.53. The van der Waals surface area contributed by atoms with Gasteiger partial charge in [0.1, 0.15) is 0 Å². The number of rotatable bonds is 4. The number of nitrogens with one attached hydrogen (secondary N) is 2. The van der Waals surface area contributed by atoms with Gasteiger partial charge >= 0.3 is 0 Å². The first kappa shape index (κ1) is 14.5. The highest BCUT2D eigenvalue weighted by molar-refractivity contribution is 9.10. The van der Waals surface area contributed by atoms with Crippen LogP contribution in [0.1, 0.15) is 25.7 Å². The van der Waals surface area contributed by atoms with Crippen LogP contribution in [0.5, 0.6) is 0 Å². The lowest BCUT2D eigenvalue weighted by atomic mass is 10.1. The Morgan fingerprint density at radius 2 is 1.81 bits per heavy atom. The van der Waals surface area contributed by atoms with Crippen LogP contribution in [0.4, 0.5) is 5.69 Å². The predicted molar refractivity (Wildman–Crippen MR) is 90.5 cm³/mol. The Labute approximate surface area is 133 Å². The summed E-state index contributed by atoms with van der Waals surface area (Å²) in [5, 5.41) is 8.57. The molecule has 2 N–H and O–H groups in total. The van der Waals surface area contributed by atoms with E-state index in [0.29, 0.717) is 12.6 Å². The van der Waals surface area contributed by atoms with Gasteiger partial charge in [-0.25, -0.2) is 0 Å². The van der Waals surface area contributed by atoms with Crippen molar-refractivity contribution >= 4 is 38.3 Å². The highest BCUT2D eigenvalue weighted by Gasteiger charge is 2.15. The molecule has 0 spiro atoms. The molecular formula is C17H19BrN2O. The molecule has 0 saturated heterocycles. The van der Waals surface area contributed by atoms with Gasteiger partial charge in [-0.1, -0.05) is 40.9 Å². The van der Waals surface area contributed by atoms with Crippen LogP contribution in [0.25, 0.3) is 10.8 Å². The largest absolute Gasteiger partial charge is 0.325 e. The highest BCUT2D eigenvalue weighted by Crippen LogP contribution is 2.23. The number of fused-ring (bicyclic) bond motifs is 1. The minimum absolute atomic E-state index is 0.0263. The number of amides is 1. The number of anilines is 1. The van der Waals surface area contributed by atoms with Gasteiger partial charge in [-0.15, -0.1) is 0 Å². The third kappa shape index (κ3) is 3.83. The molecule has 2 aromatic carbocycles. The minimum atomic E-state index is 0.0263. The summed E-state index contributed by atoms with van der Waals surface area (Å²) in [4.78, 5) is 12.0. The summed E-state index contributed by atoms with van der Waals surface area (Å²) >= 11 is 3.47. The second kappa shape index (κ2) is 6.58. The Bertz CT molecular complexity index is 650. The van der Waals surface area contributed by atoms with Gasteiger partial charge in [0, 0.05) is 16.2 Å². The van der Waals surface area contributed by atoms with Crippen molar-refractivity contribution in [1.82, 2.24) is 5.32 Å². The number of carbonyl (C=O) groups is 1. The second-order valence-electron chi connectivity index (χ2n) is 5.62. The molecule has 2 aromatic rings. The molecule has 21 heavy (non-hydrogen) atoms. The zero-order valence-corrected chi connectivity index (χ0v) is 13.4. The van der Waals surface area contributed by atoms with Gasteiger partial charge in [0.25, 0.3) is 0 Å². The number of hydrogen-bond acceptors (Lipinski definition) is 2. The molecule has 1 aliphatic rings. The Morgan fingerprint density at radius 3 is 2.62 bits per heavy atom. The molecule has 4 heteroatoms. The molecular weight excluding hydrogens is 328 g/mol. The van der Waals surface area contributed by atoms with E-state index in [1.807, 2.05) is 30.3 Å². The average Bonchev–Trinajstić information content (AvgIpc) is 2.99. The van der Waals surface area contributed by atoms with E-state index in [1.165, 1.54) is 25.7 Å². The van der Waals surface area contributed by atoms with E-state index in [0.717, 1.165) is 20.9 Å². The SMILES string of the molecule is O=C(CNC1CCCC1)Nc1ccc2cc(Br)ccc2c1. The van der Waals surface area contributed by atoms with E-state index in [4.69, 9.17) is 0 Å². The Balaban J connectivity index is 1.61. The van der Waals surface area contributed by atoms with Crippen molar-refractivity contribution < 1.29 is 4.79 Å². The molecule has 0 heterocycles. The van der Waals surface area contributed by atoms with Crippen LogP contribution in [0.3, 0.4) is 0 Å². The summed E-state index contributed by atoms with van der Waals surface area (Å²) in [5.41, 5.74) is 0.850. The van der Waals surface area contributed by atoms with Crippen molar-refractivity contribution in [2.45, 2.75) is 31.7 Å². The third-order valence-corrected chi connectivity index (χ3v) is 4.49. The van der Waals surface area contributed by atoms with E-state index in [-0.39, 0.29) is 5.91 Å². The Morgan fingerprint density at radius 1 is 1.10 bits per heavy atom. The highest BCUT2D eigenvalue weighted by atomic mass is 79.9. The van der Waals surface area contributed by atoms with E-state index < -0.39 is 0 Å². The first-order valence-corrected chi connectivity index (χ1v) is 8.22. The molecule has 3 nitrogen and oxygen atoms in total. The quantitative estimate of drug-likeness (QED) is 0.875. The van der Waals surface area contributed by atoms with Gasteiger partial charge in [0.2, 0.25) is 5.91 Å². The maximum absolute atomic E-state index is 12.0. The lowest BCUT2D eigenvalue weighted by Gasteiger charge is -2.12. The monoisotopic (exact) mass is 346 g/mol. The van der Waals surface area contributed by atoms with Gasteiger partial charge in [-0.3, -0.25) is 4.79 Å². The van der Waals surface area contributed by atoms with E-state index in [2.05, 4.69) is 32.6 Å². The third-order valence-electron chi connectivity index (χ3n) is 3.99. The molecule has 0 aromatic heterocycles. The molecule has 1 amide bonds. The fourth-order valence-corrected chi connectivity index (χ4v) is 3.25. The van der Waals surface area contributed by atoms with Gasteiger partial charge in [-0.05, 0) is 47.9 Å². The maximum atomic E-state index is 12.0. The standard InChI is InChI=1S/C17H19BrN2O/c18-14-7-5-13-10-16(8-6-12(13)9-14)20-17(21)11-19-15-3-1-2-4-15/h5-10,15,19H,1-4,11H2,(H,20,21). The van der Waals surface area contributed by atoms with Crippen molar-refractivity contribution in [1.29, 1.82) is 0 Å². The van der Waals surface area contributed by atoms with Crippen LogP contribution < -0.4 is 10.6 Å². The topological polar surface area (TPSA) is 41.1 Å². The summed E-state index contributed by atoms with van der Waals surface area (Å²) in [5.74, 6) is 0.0263. The fraction of sp³-hybridized carbons (Fsp3) is 0.353. The molecule has 1 fully saturated rings. The van der Waals surface area contributed by atoms with Crippen LogP contribution in [-0.4, -0.2) is 18.5 Å². The molecule has 0 bridgehead atoms. The summed E-state index contributed by atoms with van der Waals surface area (Å²) in [6, 6.07) is 12.6. The Kier molecular flexibility index (Phi) is 4.56. The van der Waals surface area contributed by atoms with Gasteiger partial charge in [-0.2, -0.15) is 0 Å². The van der Waals surface area contributed by atoms with Crippen LogP contribution in [0.15, 0.2) is 40.9 Å². The molecule has 0 atom stereocenters. The molecule has 3 rings (SSSR count). The summed E-state index contributed by atoms with van der Waals surface area (Å²) in [7, 11) is 0. The van der Waals surface area contributed by atoms with Gasteiger partial charge in [0.05, 0.1) is 6.54 Å². The fourth-order valence-electron chi connectivity index (χ4n) is 2.87. The van der Waals surface area contributed by atoms with E-state index >= 15 is 0 Å². The molecule has 0 radical (unpaired) electrons. The van der Waals surface area contributed by atoms with Gasteiger partial charge < -0.3 is 10.6 Å². The van der Waals surface area contributed by atoms with Crippen molar-refractivity contribution in [3.05, 3.63) is 40.9 Å². The van der Waals surface area contributed by atoms with E-state index in [9.17, 15) is 4.79 Å². The Hall–Kier alpha value is -1.39. The van der Waals surface area contributed by atoms with E-state index in [1.54, 1.807) is 0 Å². The first-order chi connectivity index (χ1) is 10.2. The smallest absolute Gasteiger partial charge is 0.238 e. The first-order valence-electron chi connectivity index (χ1n) is 7.43. The minimum Gasteiger partial charge on any atom is -0.325 e. The van der Waals surface area contributed by atoms with Gasteiger partial charge in [0.15, 0.2) is 0 Å². The molecule has 1 aliphatic carbocycles. The number of hydrogen-bond donors (Lipinski definition) is 2. The summed E-state index contributed by atoms with van der Waals surface area (Å²) in [6.45, 7) is 0.392. The summed E-state index contributed by atoms with van der Waals surface area (Å²) < 4.78 is 1.06. The zero-order valence-electron chi connectivity index (χ0n) is 11.9. The molecule has 110 valence electrons. The normalized spacial score (nSPS) is 15.5. The molecule has 1 saturated carbocycles. The lowest BCUT2D eigenvalue weighted by molar-refractivity contribution is -0.115.